The number of carbonyl (C=O) groups is 2. The Morgan fingerprint density at radius 3 is 2.71 bits per heavy atom. The normalized spacial score (nSPS) is 18.4. The van der Waals surface area contributed by atoms with E-state index in [1.807, 2.05) is 18.2 Å². The average molecular weight is 231 g/mol. The van der Waals surface area contributed by atoms with Gasteiger partial charge in [0.1, 0.15) is 0 Å². The first-order valence-corrected chi connectivity index (χ1v) is 5.93. The van der Waals surface area contributed by atoms with Gasteiger partial charge < -0.3 is 5.32 Å². The van der Waals surface area contributed by atoms with E-state index >= 15 is 0 Å². The van der Waals surface area contributed by atoms with Crippen LogP contribution in [-0.2, 0) is 4.79 Å². The van der Waals surface area contributed by atoms with Crippen LogP contribution in [0.1, 0.15) is 53.6 Å². The number of likely N-dealkylation sites (N-methyl/N-ethyl adjacent to an activating group) is 1. The number of benzene rings is 1. The van der Waals surface area contributed by atoms with Crippen LogP contribution in [0.15, 0.2) is 18.2 Å². The van der Waals surface area contributed by atoms with E-state index in [9.17, 15) is 9.59 Å². The topological polar surface area (TPSA) is 46.2 Å². The second-order valence-corrected chi connectivity index (χ2v) is 4.80. The number of fused-ring (bicyclic) bond motifs is 1. The van der Waals surface area contributed by atoms with Crippen LogP contribution in [0.5, 0.6) is 0 Å². The molecule has 1 amide bonds. The van der Waals surface area contributed by atoms with Gasteiger partial charge in [-0.3, -0.25) is 9.59 Å². The third kappa shape index (κ3) is 1.97. The monoisotopic (exact) mass is 231 g/mol. The highest BCUT2D eigenvalue weighted by Gasteiger charge is 2.33. The summed E-state index contributed by atoms with van der Waals surface area (Å²) in [7, 11) is 1.60. The van der Waals surface area contributed by atoms with Crippen LogP contribution in [0.2, 0.25) is 0 Å². The van der Waals surface area contributed by atoms with E-state index in [1.165, 1.54) is 0 Å². The van der Waals surface area contributed by atoms with Crippen LogP contribution in [0.25, 0.3) is 0 Å². The fourth-order valence-corrected chi connectivity index (χ4v) is 2.29. The van der Waals surface area contributed by atoms with Gasteiger partial charge in [-0.1, -0.05) is 26.0 Å². The molecule has 0 fully saturated rings. The Bertz CT molecular complexity index is 477. The molecule has 1 unspecified atom stereocenters. The van der Waals surface area contributed by atoms with Crippen LogP contribution in [0.4, 0.5) is 0 Å². The lowest BCUT2D eigenvalue weighted by molar-refractivity contribution is -0.121. The van der Waals surface area contributed by atoms with E-state index in [1.54, 1.807) is 7.05 Å². The van der Waals surface area contributed by atoms with Gasteiger partial charge in [-0.05, 0) is 23.1 Å². The lowest BCUT2D eigenvalue weighted by atomic mass is 9.95. The minimum absolute atomic E-state index is 0.0746. The molecule has 0 saturated heterocycles. The number of amides is 1. The SMILES string of the molecule is CNC(=O)C1CC(=O)c2cc(C(C)C)ccc21. The Hall–Kier alpha value is -1.64. The Kier molecular flexibility index (Phi) is 3.01. The number of Topliss-reactive ketones (excluding diaryl/α,β-unsaturated/α-hetero) is 1. The number of nitrogens with one attached hydrogen (secondary N) is 1. The van der Waals surface area contributed by atoms with Crippen LogP contribution in [-0.4, -0.2) is 18.7 Å². The summed E-state index contributed by atoms with van der Waals surface area (Å²) >= 11 is 0. The molecule has 1 N–H and O–H groups in total. The molecule has 3 nitrogen and oxygen atoms in total. The smallest absolute Gasteiger partial charge is 0.227 e. The number of hydrogen-bond donors (Lipinski definition) is 1. The van der Waals surface area contributed by atoms with Crippen molar-refractivity contribution in [3.63, 3.8) is 0 Å². The Morgan fingerprint density at radius 1 is 1.41 bits per heavy atom. The van der Waals surface area contributed by atoms with Crippen molar-refractivity contribution in [2.75, 3.05) is 7.05 Å². The zero-order valence-corrected chi connectivity index (χ0v) is 10.4. The molecule has 90 valence electrons. The van der Waals surface area contributed by atoms with Crippen LogP contribution < -0.4 is 5.32 Å². The van der Waals surface area contributed by atoms with Gasteiger partial charge in [0.25, 0.3) is 0 Å². The number of rotatable bonds is 2. The molecular weight excluding hydrogens is 214 g/mol. The maximum Gasteiger partial charge on any atom is 0.227 e. The van der Waals surface area contributed by atoms with Gasteiger partial charge in [-0.2, -0.15) is 0 Å². The van der Waals surface area contributed by atoms with Gasteiger partial charge in [0.2, 0.25) is 5.91 Å². The van der Waals surface area contributed by atoms with Gasteiger partial charge in [0.05, 0.1) is 5.92 Å². The minimum atomic E-state index is -0.302. The van der Waals surface area contributed by atoms with E-state index in [0.717, 1.165) is 16.7 Å². The van der Waals surface area contributed by atoms with Gasteiger partial charge in [0.15, 0.2) is 5.78 Å². The van der Waals surface area contributed by atoms with Crippen LogP contribution in [0, 0.1) is 0 Å². The molecular formula is C14H17NO2. The molecule has 3 heteroatoms. The quantitative estimate of drug-likeness (QED) is 0.848. The Morgan fingerprint density at radius 2 is 2.12 bits per heavy atom. The number of hydrogen-bond acceptors (Lipinski definition) is 2. The summed E-state index contributed by atoms with van der Waals surface area (Å²) in [6.45, 7) is 4.19. The molecule has 1 aromatic carbocycles. The molecule has 1 atom stereocenters. The molecule has 0 saturated carbocycles. The first-order valence-electron chi connectivity index (χ1n) is 5.93. The second kappa shape index (κ2) is 4.32. The molecule has 0 radical (unpaired) electrons. The van der Waals surface area contributed by atoms with E-state index in [0.29, 0.717) is 12.3 Å². The van der Waals surface area contributed by atoms with Gasteiger partial charge in [-0.25, -0.2) is 0 Å². The lowest BCUT2D eigenvalue weighted by Crippen LogP contribution is -2.24. The summed E-state index contributed by atoms with van der Waals surface area (Å²) in [6, 6.07) is 5.87. The summed E-state index contributed by atoms with van der Waals surface area (Å²) in [4.78, 5) is 23.6. The molecule has 17 heavy (non-hydrogen) atoms. The highest BCUT2D eigenvalue weighted by molar-refractivity contribution is 6.06. The predicted molar refractivity (Wildman–Crippen MR) is 66.3 cm³/mol. The first kappa shape index (κ1) is 11.8. The Balaban J connectivity index is 2.44. The largest absolute Gasteiger partial charge is 0.359 e. The molecule has 1 aliphatic rings. The summed E-state index contributed by atoms with van der Waals surface area (Å²) in [5.41, 5.74) is 2.75. The van der Waals surface area contributed by atoms with Crippen molar-refractivity contribution in [3.8, 4) is 0 Å². The number of carbonyl (C=O) groups excluding carboxylic acids is 2. The minimum Gasteiger partial charge on any atom is -0.359 e. The first-order chi connectivity index (χ1) is 8.04. The molecule has 0 bridgehead atoms. The molecule has 2 rings (SSSR count). The van der Waals surface area contributed by atoms with Gasteiger partial charge in [0, 0.05) is 19.0 Å². The van der Waals surface area contributed by atoms with Crippen molar-refractivity contribution in [1.29, 1.82) is 0 Å². The van der Waals surface area contributed by atoms with Crippen molar-refractivity contribution < 1.29 is 9.59 Å². The van der Waals surface area contributed by atoms with Crippen molar-refractivity contribution >= 4 is 11.7 Å². The zero-order valence-electron chi connectivity index (χ0n) is 10.4. The van der Waals surface area contributed by atoms with E-state index in [4.69, 9.17) is 0 Å². The summed E-state index contributed by atoms with van der Waals surface area (Å²) in [6.07, 6.45) is 0.302. The van der Waals surface area contributed by atoms with Crippen LogP contribution in [0.3, 0.4) is 0 Å². The van der Waals surface area contributed by atoms with E-state index < -0.39 is 0 Å². The maximum atomic E-state index is 11.9. The van der Waals surface area contributed by atoms with Crippen molar-refractivity contribution in [2.24, 2.45) is 0 Å². The second-order valence-electron chi connectivity index (χ2n) is 4.80. The fourth-order valence-electron chi connectivity index (χ4n) is 2.29. The molecule has 0 heterocycles. The summed E-state index contributed by atoms with van der Waals surface area (Å²) in [5.74, 6) is 0.0985. The van der Waals surface area contributed by atoms with Gasteiger partial charge >= 0.3 is 0 Å². The van der Waals surface area contributed by atoms with Crippen molar-refractivity contribution in [2.45, 2.75) is 32.1 Å². The zero-order chi connectivity index (χ0) is 12.6. The highest BCUT2D eigenvalue weighted by Crippen LogP contribution is 2.34. The molecule has 0 aromatic heterocycles. The standard InChI is InChI=1S/C14H17NO2/c1-8(2)9-4-5-10-11(6-9)13(16)7-12(10)14(17)15-3/h4-6,8,12H,7H2,1-3H3,(H,15,17). The third-order valence-electron chi connectivity index (χ3n) is 3.37. The third-order valence-corrected chi connectivity index (χ3v) is 3.37. The Labute approximate surface area is 101 Å². The average Bonchev–Trinajstić information content (AvgIpc) is 2.65. The predicted octanol–water partition coefficient (Wildman–Crippen LogP) is 2.23. The highest BCUT2D eigenvalue weighted by atomic mass is 16.2. The molecule has 0 aliphatic heterocycles. The van der Waals surface area contributed by atoms with Crippen molar-refractivity contribution in [3.05, 3.63) is 34.9 Å². The van der Waals surface area contributed by atoms with Crippen molar-refractivity contribution in [1.82, 2.24) is 5.32 Å². The van der Waals surface area contributed by atoms with Crippen LogP contribution >= 0.6 is 0 Å². The maximum absolute atomic E-state index is 11.9. The summed E-state index contributed by atoms with van der Waals surface area (Å²) < 4.78 is 0. The van der Waals surface area contributed by atoms with Gasteiger partial charge in [-0.15, -0.1) is 0 Å². The van der Waals surface area contributed by atoms with E-state index in [2.05, 4.69) is 19.2 Å². The molecule has 0 spiro atoms. The number of ketones is 1. The molecule has 1 aromatic rings. The molecule has 1 aliphatic carbocycles. The summed E-state index contributed by atoms with van der Waals surface area (Å²) in [5, 5.41) is 2.61. The fraction of sp³-hybridized carbons (Fsp3) is 0.429. The lowest BCUT2D eigenvalue weighted by Gasteiger charge is -2.10. The van der Waals surface area contributed by atoms with E-state index in [-0.39, 0.29) is 17.6 Å².